The number of rotatable bonds is 2. The summed E-state index contributed by atoms with van der Waals surface area (Å²) in [5, 5.41) is 4.73. The molecule has 6 nitrogen and oxygen atoms in total. The molecule has 0 aliphatic carbocycles. The molecule has 1 unspecified atom stereocenters. The standard InChI is InChI=1S/C18H18FN3O3/c19-14-5-4-13(12-6-8-23-16(12)14)18-20-17(21-25-18)15-9-22-7-2-1-3-11(22)10-24-15/h4-6,8,11,15H,1-3,7,9-10H2/t11?,15-/m1/s1. The lowest BCUT2D eigenvalue weighted by atomic mass is 10.0. The SMILES string of the molecule is Fc1ccc(-c2nc([C@H]3CN4CCCCC4CO3)no2)c2ccoc12. The van der Waals surface area contributed by atoms with Crippen LogP contribution in [0.1, 0.15) is 31.2 Å². The molecule has 0 N–H and O–H groups in total. The highest BCUT2D eigenvalue weighted by molar-refractivity contribution is 5.91. The van der Waals surface area contributed by atoms with E-state index in [1.165, 1.54) is 31.6 Å². The molecule has 7 heteroatoms. The number of aromatic nitrogens is 2. The van der Waals surface area contributed by atoms with Gasteiger partial charge in [0, 0.05) is 18.0 Å². The van der Waals surface area contributed by atoms with Crippen LogP contribution in [0.2, 0.25) is 0 Å². The van der Waals surface area contributed by atoms with Crippen LogP contribution in [0.15, 0.2) is 33.4 Å². The van der Waals surface area contributed by atoms with E-state index in [1.807, 2.05) is 0 Å². The third kappa shape index (κ3) is 2.54. The highest BCUT2D eigenvalue weighted by Gasteiger charge is 2.33. The third-order valence-electron chi connectivity index (χ3n) is 5.17. The summed E-state index contributed by atoms with van der Waals surface area (Å²) in [5.74, 6) is 0.487. The molecular formula is C18H18FN3O3. The number of benzene rings is 1. The second-order valence-electron chi connectivity index (χ2n) is 6.68. The Morgan fingerprint density at radius 3 is 3.12 bits per heavy atom. The number of fused-ring (bicyclic) bond motifs is 2. The van der Waals surface area contributed by atoms with Crippen molar-refractivity contribution >= 4 is 11.0 Å². The molecule has 130 valence electrons. The summed E-state index contributed by atoms with van der Waals surface area (Å²) in [6.45, 7) is 2.59. The second kappa shape index (κ2) is 5.93. The summed E-state index contributed by atoms with van der Waals surface area (Å²) in [6, 6.07) is 5.19. The fourth-order valence-electron chi connectivity index (χ4n) is 3.83. The molecule has 25 heavy (non-hydrogen) atoms. The summed E-state index contributed by atoms with van der Waals surface area (Å²) in [5.41, 5.74) is 0.859. The van der Waals surface area contributed by atoms with Crippen molar-refractivity contribution in [3.8, 4) is 11.5 Å². The summed E-state index contributed by atoms with van der Waals surface area (Å²) in [4.78, 5) is 6.97. The van der Waals surface area contributed by atoms with Gasteiger partial charge in [-0.3, -0.25) is 4.90 Å². The first-order valence-electron chi connectivity index (χ1n) is 8.65. The van der Waals surface area contributed by atoms with Crippen LogP contribution >= 0.6 is 0 Å². The topological polar surface area (TPSA) is 64.5 Å². The number of furan rings is 1. The summed E-state index contributed by atoms with van der Waals surface area (Å²) < 4.78 is 30.4. The zero-order valence-corrected chi connectivity index (χ0v) is 13.7. The lowest BCUT2D eigenvalue weighted by molar-refractivity contribution is -0.0805. The van der Waals surface area contributed by atoms with E-state index in [9.17, 15) is 4.39 Å². The number of piperidine rings is 1. The normalized spacial score (nSPS) is 24.5. The molecule has 2 fully saturated rings. The Labute approximate surface area is 143 Å². The van der Waals surface area contributed by atoms with Crippen molar-refractivity contribution in [1.82, 2.24) is 15.0 Å². The molecule has 2 saturated heterocycles. The molecular weight excluding hydrogens is 325 g/mol. The summed E-state index contributed by atoms with van der Waals surface area (Å²) in [7, 11) is 0. The van der Waals surface area contributed by atoms with Gasteiger partial charge >= 0.3 is 0 Å². The predicted octanol–water partition coefficient (Wildman–Crippen LogP) is 3.55. The Morgan fingerprint density at radius 1 is 1.20 bits per heavy atom. The van der Waals surface area contributed by atoms with Gasteiger partial charge in [0.15, 0.2) is 11.4 Å². The van der Waals surface area contributed by atoms with Gasteiger partial charge in [-0.1, -0.05) is 11.6 Å². The van der Waals surface area contributed by atoms with E-state index in [-0.39, 0.29) is 11.7 Å². The van der Waals surface area contributed by atoms with E-state index >= 15 is 0 Å². The van der Waals surface area contributed by atoms with Gasteiger partial charge in [-0.15, -0.1) is 0 Å². The van der Waals surface area contributed by atoms with E-state index < -0.39 is 5.82 Å². The van der Waals surface area contributed by atoms with Gasteiger partial charge in [0.25, 0.3) is 5.89 Å². The average Bonchev–Trinajstić information content (AvgIpc) is 3.32. The number of halogens is 1. The van der Waals surface area contributed by atoms with Crippen LogP contribution in [0, 0.1) is 5.82 Å². The van der Waals surface area contributed by atoms with E-state index in [0.29, 0.717) is 35.3 Å². The van der Waals surface area contributed by atoms with E-state index in [1.54, 1.807) is 12.1 Å². The molecule has 5 rings (SSSR count). The largest absolute Gasteiger partial charge is 0.461 e. The smallest absolute Gasteiger partial charge is 0.258 e. The molecule has 3 aromatic rings. The molecule has 0 bridgehead atoms. The van der Waals surface area contributed by atoms with Crippen LogP contribution in [-0.2, 0) is 4.74 Å². The van der Waals surface area contributed by atoms with Gasteiger partial charge in [0.05, 0.1) is 18.4 Å². The van der Waals surface area contributed by atoms with Crippen molar-refractivity contribution in [1.29, 1.82) is 0 Å². The van der Waals surface area contributed by atoms with Crippen LogP contribution in [0.5, 0.6) is 0 Å². The zero-order valence-electron chi connectivity index (χ0n) is 13.7. The molecule has 2 aliphatic rings. The first-order chi connectivity index (χ1) is 12.3. The van der Waals surface area contributed by atoms with Gasteiger partial charge in [-0.05, 0) is 37.6 Å². The fraction of sp³-hybridized carbons (Fsp3) is 0.444. The molecule has 0 radical (unpaired) electrons. The minimum atomic E-state index is -0.407. The number of hydrogen-bond donors (Lipinski definition) is 0. The van der Waals surface area contributed by atoms with Crippen molar-refractivity contribution in [3.05, 3.63) is 36.1 Å². The van der Waals surface area contributed by atoms with Gasteiger partial charge < -0.3 is 13.7 Å². The van der Waals surface area contributed by atoms with Crippen molar-refractivity contribution < 1.29 is 18.1 Å². The first-order valence-corrected chi connectivity index (χ1v) is 8.65. The molecule has 1 aromatic carbocycles. The van der Waals surface area contributed by atoms with Gasteiger partial charge in [0.2, 0.25) is 5.82 Å². The lowest BCUT2D eigenvalue weighted by Gasteiger charge is -2.41. The molecule has 2 aliphatic heterocycles. The highest BCUT2D eigenvalue weighted by atomic mass is 19.1. The quantitative estimate of drug-likeness (QED) is 0.709. The highest BCUT2D eigenvalue weighted by Crippen LogP contribution is 2.32. The Balaban J connectivity index is 1.43. The van der Waals surface area contributed by atoms with Gasteiger partial charge in [-0.2, -0.15) is 4.98 Å². The number of nitrogens with zero attached hydrogens (tertiary/aromatic N) is 3. The summed E-state index contributed by atoms with van der Waals surface area (Å²) in [6.07, 6.45) is 4.96. The number of hydrogen-bond acceptors (Lipinski definition) is 6. The van der Waals surface area contributed by atoms with Crippen molar-refractivity contribution in [2.45, 2.75) is 31.4 Å². The molecule has 0 saturated carbocycles. The minimum absolute atomic E-state index is 0.188. The van der Waals surface area contributed by atoms with Crippen LogP contribution < -0.4 is 0 Å². The fourth-order valence-corrected chi connectivity index (χ4v) is 3.83. The van der Waals surface area contributed by atoms with Crippen molar-refractivity contribution in [2.24, 2.45) is 0 Å². The third-order valence-corrected chi connectivity index (χ3v) is 5.17. The van der Waals surface area contributed by atoms with E-state index in [2.05, 4.69) is 15.0 Å². The lowest BCUT2D eigenvalue weighted by Crippen LogP contribution is -2.49. The monoisotopic (exact) mass is 343 g/mol. The Bertz CT molecular complexity index is 906. The molecule has 4 heterocycles. The molecule has 2 atom stereocenters. The molecule has 2 aromatic heterocycles. The molecule has 0 spiro atoms. The Morgan fingerprint density at radius 2 is 2.16 bits per heavy atom. The zero-order chi connectivity index (χ0) is 16.8. The number of ether oxygens (including phenoxy) is 1. The van der Waals surface area contributed by atoms with Crippen molar-refractivity contribution in [2.75, 3.05) is 19.7 Å². The average molecular weight is 343 g/mol. The van der Waals surface area contributed by atoms with Crippen molar-refractivity contribution in [3.63, 3.8) is 0 Å². The van der Waals surface area contributed by atoms with Crippen LogP contribution in [0.4, 0.5) is 4.39 Å². The van der Waals surface area contributed by atoms with E-state index in [0.717, 1.165) is 13.1 Å². The number of morpholine rings is 1. The maximum Gasteiger partial charge on any atom is 0.258 e. The minimum Gasteiger partial charge on any atom is -0.461 e. The van der Waals surface area contributed by atoms with Crippen LogP contribution in [0.3, 0.4) is 0 Å². The Hall–Kier alpha value is -2.25. The Kier molecular flexibility index (Phi) is 3.57. The predicted molar refractivity (Wildman–Crippen MR) is 87.4 cm³/mol. The maximum atomic E-state index is 13.8. The second-order valence-corrected chi connectivity index (χ2v) is 6.68. The summed E-state index contributed by atoms with van der Waals surface area (Å²) >= 11 is 0. The molecule has 0 amide bonds. The maximum absolute atomic E-state index is 13.8. The van der Waals surface area contributed by atoms with Crippen LogP contribution in [-0.4, -0.2) is 40.8 Å². The van der Waals surface area contributed by atoms with Crippen LogP contribution in [0.25, 0.3) is 22.4 Å². The first kappa shape index (κ1) is 15.0. The van der Waals surface area contributed by atoms with Gasteiger partial charge in [0.1, 0.15) is 6.10 Å². The van der Waals surface area contributed by atoms with Gasteiger partial charge in [-0.25, -0.2) is 4.39 Å². The van der Waals surface area contributed by atoms with E-state index in [4.69, 9.17) is 13.7 Å².